The molecule has 3 N–H and O–H groups in total. The van der Waals surface area contributed by atoms with Gasteiger partial charge in [-0.15, -0.1) is 11.3 Å². The molecule has 1 fully saturated rings. The van der Waals surface area contributed by atoms with Crippen molar-refractivity contribution in [2.24, 2.45) is 11.7 Å². The molecule has 0 saturated heterocycles. The van der Waals surface area contributed by atoms with Crippen molar-refractivity contribution in [1.82, 2.24) is 5.32 Å². The van der Waals surface area contributed by atoms with E-state index in [1.54, 1.807) is 6.07 Å². The van der Waals surface area contributed by atoms with Crippen LogP contribution in [0.3, 0.4) is 0 Å². The van der Waals surface area contributed by atoms with E-state index in [9.17, 15) is 9.18 Å². The van der Waals surface area contributed by atoms with Gasteiger partial charge in [0.1, 0.15) is 5.82 Å². The summed E-state index contributed by atoms with van der Waals surface area (Å²) in [5, 5.41) is 3.65. The van der Waals surface area contributed by atoms with Crippen molar-refractivity contribution in [3.05, 3.63) is 34.5 Å². The summed E-state index contributed by atoms with van der Waals surface area (Å²) in [6, 6.07) is 5.12. The average Bonchev–Trinajstić information content (AvgIpc) is 3.04. The largest absolute Gasteiger partial charge is 0.348 e. The lowest BCUT2D eigenvalue weighted by Crippen LogP contribution is -2.39. The van der Waals surface area contributed by atoms with Crippen molar-refractivity contribution in [2.45, 2.75) is 32.2 Å². The molecule has 1 aliphatic carbocycles. The van der Waals surface area contributed by atoms with Crippen LogP contribution in [0.15, 0.2) is 18.2 Å². The highest BCUT2D eigenvalue weighted by atomic mass is 32.1. The number of amides is 1. The average molecular weight is 306 g/mol. The van der Waals surface area contributed by atoms with E-state index in [4.69, 9.17) is 5.73 Å². The van der Waals surface area contributed by atoms with Gasteiger partial charge in [0.25, 0.3) is 5.91 Å². The van der Waals surface area contributed by atoms with Crippen LogP contribution < -0.4 is 11.1 Å². The number of thiophene rings is 1. The van der Waals surface area contributed by atoms with Crippen LogP contribution in [0.1, 0.15) is 34.5 Å². The molecule has 1 saturated carbocycles. The molecule has 2 unspecified atom stereocenters. The van der Waals surface area contributed by atoms with Gasteiger partial charge in [0.15, 0.2) is 0 Å². The fourth-order valence-corrected chi connectivity index (χ4v) is 4.34. The SMILES string of the molecule is Cc1c(C(=O)NC2CCCC2CN)sc2cccc(F)c12. The monoisotopic (exact) mass is 306 g/mol. The van der Waals surface area contributed by atoms with E-state index < -0.39 is 0 Å². The van der Waals surface area contributed by atoms with Crippen molar-refractivity contribution in [3.63, 3.8) is 0 Å². The maximum atomic E-state index is 13.9. The maximum absolute atomic E-state index is 13.9. The predicted octanol–water partition coefficient (Wildman–Crippen LogP) is 3.21. The molecule has 112 valence electrons. The highest BCUT2D eigenvalue weighted by molar-refractivity contribution is 7.21. The van der Waals surface area contributed by atoms with Crippen LogP contribution in [0.4, 0.5) is 4.39 Å². The molecule has 3 rings (SSSR count). The third-order valence-corrected chi connectivity index (χ3v) is 5.64. The summed E-state index contributed by atoms with van der Waals surface area (Å²) in [5.41, 5.74) is 6.48. The Kier molecular flexibility index (Phi) is 3.95. The molecule has 0 bridgehead atoms. The number of nitrogens with one attached hydrogen (secondary N) is 1. The molecule has 5 heteroatoms. The fourth-order valence-electron chi connectivity index (χ4n) is 3.21. The summed E-state index contributed by atoms with van der Waals surface area (Å²) in [6.07, 6.45) is 3.15. The smallest absolute Gasteiger partial charge is 0.261 e. The van der Waals surface area contributed by atoms with Crippen molar-refractivity contribution in [3.8, 4) is 0 Å². The van der Waals surface area contributed by atoms with Crippen molar-refractivity contribution < 1.29 is 9.18 Å². The second kappa shape index (κ2) is 5.73. The molecule has 1 aromatic carbocycles. The van der Waals surface area contributed by atoms with Gasteiger partial charge in [-0.1, -0.05) is 12.5 Å². The quantitative estimate of drug-likeness (QED) is 0.915. The number of hydrogen-bond acceptors (Lipinski definition) is 3. The summed E-state index contributed by atoms with van der Waals surface area (Å²) in [7, 11) is 0. The van der Waals surface area contributed by atoms with Gasteiger partial charge < -0.3 is 11.1 Å². The van der Waals surface area contributed by atoms with Gasteiger partial charge in [-0.2, -0.15) is 0 Å². The minimum atomic E-state index is -0.263. The maximum Gasteiger partial charge on any atom is 0.261 e. The summed E-state index contributed by atoms with van der Waals surface area (Å²) in [5.74, 6) is -0.000165. The summed E-state index contributed by atoms with van der Waals surface area (Å²) < 4.78 is 14.7. The van der Waals surface area contributed by atoms with Gasteiger partial charge >= 0.3 is 0 Å². The number of nitrogens with two attached hydrogens (primary N) is 1. The normalized spacial score (nSPS) is 21.9. The van der Waals surface area contributed by atoms with Crippen molar-refractivity contribution in [2.75, 3.05) is 6.54 Å². The van der Waals surface area contributed by atoms with Gasteiger partial charge in [0, 0.05) is 16.1 Å². The Hall–Kier alpha value is -1.46. The molecular formula is C16H19FN2OS. The molecule has 2 atom stereocenters. The third kappa shape index (κ3) is 2.56. The summed E-state index contributed by atoms with van der Waals surface area (Å²) in [4.78, 5) is 13.1. The number of hydrogen-bond donors (Lipinski definition) is 2. The Labute approximate surface area is 127 Å². The zero-order valence-corrected chi connectivity index (χ0v) is 12.8. The first-order valence-corrected chi connectivity index (χ1v) is 8.12. The third-order valence-electron chi connectivity index (χ3n) is 4.39. The number of carbonyl (C=O) groups is 1. The molecule has 0 radical (unpaired) electrons. The minimum absolute atomic E-state index is 0.0987. The van der Waals surface area contributed by atoms with E-state index in [1.807, 2.05) is 13.0 Å². The Morgan fingerprint density at radius 2 is 2.29 bits per heavy atom. The van der Waals surface area contributed by atoms with Crippen LogP contribution in [0.5, 0.6) is 0 Å². The van der Waals surface area contributed by atoms with Crippen LogP contribution in [0.25, 0.3) is 10.1 Å². The van der Waals surface area contributed by atoms with Crippen LogP contribution in [-0.4, -0.2) is 18.5 Å². The van der Waals surface area contributed by atoms with Crippen LogP contribution in [0, 0.1) is 18.7 Å². The van der Waals surface area contributed by atoms with Crippen LogP contribution in [-0.2, 0) is 0 Å². The number of halogens is 1. The molecule has 1 aliphatic rings. The lowest BCUT2D eigenvalue weighted by atomic mass is 10.0. The Balaban J connectivity index is 1.88. The second-order valence-electron chi connectivity index (χ2n) is 5.68. The summed E-state index contributed by atoms with van der Waals surface area (Å²) >= 11 is 1.36. The van der Waals surface area contributed by atoms with E-state index in [2.05, 4.69) is 5.32 Å². The zero-order valence-electron chi connectivity index (χ0n) is 12.0. The molecule has 1 amide bonds. The van der Waals surface area contributed by atoms with Crippen molar-refractivity contribution >= 4 is 27.3 Å². The van der Waals surface area contributed by atoms with Gasteiger partial charge in [-0.05, 0) is 49.9 Å². The van der Waals surface area contributed by atoms with Gasteiger partial charge in [0.2, 0.25) is 0 Å². The topological polar surface area (TPSA) is 55.1 Å². The molecule has 21 heavy (non-hydrogen) atoms. The fraction of sp³-hybridized carbons (Fsp3) is 0.438. The van der Waals surface area contributed by atoms with Gasteiger partial charge in [-0.3, -0.25) is 4.79 Å². The molecule has 0 spiro atoms. The Morgan fingerprint density at radius 1 is 1.48 bits per heavy atom. The Morgan fingerprint density at radius 3 is 3.00 bits per heavy atom. The first kappa shape index (κ1) is 14.5. The molecule has 1 aromatic heterocycles. The molecule has 2 aromatic rings. The summed E-state index contributed by atoms with van der Waals surface area (Å²) in [6.45, 7) is 2.41. The zero-order chi connectivity index (χ0) is 15.0. The first-order chi connectivity index (χ1) is 10.1. The van der Waals surface area contributed by atoms with E-state index in [-0.39, 0.29) is 17.8 Å². The predicted molar refractivity (Wildman–Crippen MR) is 84.2 cm³/mol. The van der Waals surface area contributed by atoms with Gasteiger partial charge in [-0.25, -0.2) is 4.39 Å². The minimum Gasteiger partial charge on any atom is -0.348 e. The standard InChI is InChI=1S/C16H19FN2OS/c1-9-14-11(17)5-3-7-13(14)21-15(9)16(20)19-12-6-2-4-10(12)8-18/h3,5,7,10,12H,2,4,6,8,18H2,1H3,(H,19,20). The van der Waals surface area contributed by atoms with E-state index in [0.29, 0.717) is 22.7 Å². The highest BCUT2D eigenvalue weighted by Gasteiger charge is 2.28. The molecule has 1 heterocycles. The van der Waals surface area contributed by atoms with Crippen molar-refractivity contribution in [1.29, 1.82) is 0 Å². The number of rotatable bonds is 3. The van der Waals surface area contributed by atoms with Crippen LogP contribution in [0.2, 0.25) is 0 Å². The Bertz CT molecular complexity index is 682. The molecule has 3 nitrogen and oxygen atoms in total. The highest BCUT2D eigenvalue weighted by Crippen LogP contribution is 2.33. The molecule has 0 aliphatic heterocycles. The molecular weight excluding hydrogens is 287 g/mol. The number of benzene rings is 1. The van der Waals surface area contributed by atoms with E-state index in [0.717, 1.165) is 29.5 Å². The second-order valence-corrected chi connectivity index (χ2v) is 6.73. The van der Waals surface area contributed by atoms with Crippen LogP contribution >= 0.6 is 11.3 Å². The van der Waals surface area contributed by atoms with Gasteiger partial charge in [0.05, 0.1) is 4.88 Å². The van der Waals surface area contributed by atoms with E-state index >= 15 is 0 Å². The number of fused-ring (bicyclic) bond motifs is 1. The van der Waals surface area contributed by atoms with E-state index in [1.165, 1.54) is 17.4 Å². The lowest BCUT2D eigenvalue weighted by molar-refractivity contribution is 0.0932. The first-order valence-electron chi connectivity index (χ1n) is 7.30. The number of carbonyl (C=O) groups excluding carboxylic acids is 1. The number of aryl methyl sites for hydroxylation is 1. The lowest BCUT2D eigenvalue weighted by Gasteiger charge is -2.19.